The van der Waals surface area contributed by atoms with Crippen molar-refractivity contribution in [2.45, 2.75) is 25.1 Å². The lowest BCUT2D eigenvalue weighted by atomic mass is 10.2. The first-order valence-corrected chi connectivity index (χ1v) is 6.08. The highest BCUT2D eigenvalue weighted by Crippen LogP contribution is 2.12. The molecule has 0 aliphatic rings. The van der Waals surface area contributed by atoms with Crippen molar-refractivity contribution in [3.8, 4) is 0 Å². The maximum atomic E-state index is 10.7. The molecule has 0 saturated carbocycles. The van der Waals surface area contributed by atoms with Gasteiger partial charge in [-0.15, -0.1) is 10.2 Å². The Kier molecular flexibility index (Phi) is 5.47. The van der Waals surface area contributed by atoms with Gasteiger partial charge in [0.1, 0.15) is 6.04 Å². The fourth-order valence-corrected chi connectivity index (χ4v) is 1.95. The van der Waals surface area contributed by atoms with Gasteiger partial charge in [-0.1, -0.05) is 0 Å². The molecule has 0 saturated heterocycles. The van der Waals surface area contributed by atoms with Crippen LogP contribution in [0, 0.1) is 6.92 Å². The summed E-state index contributed by atoms with van der Waals surface area (Å²) in [6.07, 6.45) is 0.747. The normalized spacial score (nSPS) is 12.1. The van der Waals surface area contributed by atoms with Gasteiger partial charge in [-0.05, 0) is 12.2 Å². The van der Waals surface area contributed by atoms with Crippen molar-refractivity contribution < 1.29 is 19.1 Å². The topological polar surface area (TPSA) is 105 Å². The third kappa shape index (κ3) is 4.85. The molecule has 0 spiro atoms. The summed E-state index contributed by atoms with van der Waals surface area (Å²) in [5, 5.41) is 18.5. The fraction of sp³-hybridized carbons (Fsp3) is 0.556. The molecule has 1 aromatic rings. The van der Waals surface area contributed by atoms with E-state index in [9.17, 15) is 9.59 Å². The van der Waals surface area contributed by atoms with Crippen molar-refractivity contribution in [1.29, 1.82) is 0 Å². The van der Waals surface area contributed by atoms with Gasteiger partial charge in [-0.3, -0.25) is 4.79 Å². The largest absolute Gasteiger partial charge is 0.480 e. The van der Waals surface area contributed by atoms with Crippen LogP contribution in [0.25, 0.3) is 0 Å². The van der Waals surface area contributed by atoms with E-state index in [0.717, 1.165) is 0 Å². The van der Waals surface area contributed by atoms with Crippen LogP contribution in [0.2, 0.25) is 0 Å². The minimum Gasteiger partial charge on any atom is -0.480 e. The van der Waals surface area contributed by atoms with Crippen molar-refractivity contribution in [3.63, 3.8) is 0 Å². The molecular weight excluding hydrogens is 246 g/mol. The molecule has 94 valence electrons. The number of aromatic nitrogens is 2. The molecule has 1 aromatic heterocycles. The van der Waals surface area contributed by atoms with Gasteiger partial charge in [0.25, 0.3) is 0 Å². The molecule has 1 amide bonds. The number of hydrogen-bond acceptors (Lipinski definition) is 6. The summed E-state index contributed by atoms with van der Waals surface area (Å²) in [4.78, 5) is 20.8. The number of thioether (sulfide) groups is 1. The van der Waals surface area contributed by atoms with E-state index in [2.05, 4.69) is 15.5 Å². The summed E-state index contributed by atoms with van der Waals surface area (Å²) in [7, 11) is 0. The Morgan fingerprint density at radius 3 is 2.94 bits per heavy atom. The van der Waals surface area contributed by atoms with Crippen molar-refractivity contribution >= 4 is 24.1 Å². The SMILES string of the molecule is Cc1nnc(CSCCC(NC=O)C(=O)O)o1. The molecule has 0 aliphatic carbocycles. The standard InChI is InChI=1S/C9H13N3O4S/c1-6-11-12-8(16-6)4-17-3-2-7(9(14)15)10-5-13/h5,7H,2-4H2,1H3,(H,10,13)(H,14,15). The zero-order valence-corrected chi connectivity index (χ0v) is 10.1. The van der Waals surface area contributed by atoms with Crippen LogP contribution in [0.15, 0.2) is 4.42 Å². The van der Waals surface area contributed by atoms with Crippen LogP contribution in [0.5, 0.6) is 0 Å². The number of amides is 1. The lowest BCUT2D eigenvalue weighted by Crippen LogP contribution is -2.36. The number of aryl methyl sites for hydroxylation is 1. The first-order valence-electron chi connectivity index (χ1n) is 4.92. The Hall–Kier alpha value is -1.57. The van der Waals surface area contributed by atoms with Crippen LogP contribution >= 0.6 is 11.8 Å². The number of carboxylic acid groups (broad SMARTS) is 1. The number of aliphatic carboxylic acids is 1. The van der Waals surface area contributed by atoms with Gasteiger partial charge in [-0.2, -0.15) is 11.8 Å². The van der Waals surface area contributed by atoms with Crippen molar-refractivity contribution in [3.05, 3.63) is 11.8 Å². The van der Waals surface area contributed by atoms with Crippen molar-refractivity contribution in [2.24, 2.45) is 0 Å². The number of hydrogen-bond donors (Lipinski definition) is 2. The van der Waals surface area contributed by atoms with Gasteiger partial charge >= 0.3 is 5.97 Å². The quantitative estimate of drug-likeness (QED) is 0.507. The molecular formula is C9H13N3O4S. The first kappa shape index (κ1) is 13.5. The van der Waals surface area contributed by atoms with E-state index in [-0.39, 0.29) is 0 Å². The van der Waals surface area contributed by atoms with E-state index in [0.29, 0.717) is 36.1 Å². The molecule has 0 fully saturated rings. The maximum Gasteiger partial charge on any atom is 0.326 e. The smallest absolute Gasteiger partial charge is 0.326 e. The summed E-state index contributed by atoms with van der Waals surface area (Å²) in [6.45, 7) is 1.70. The second kappa shape index (κ2) is 6.89. The van der Waals surface area contributed by atoms with Crippen molar-refractivity contribution in [1.82, 2.24) is 15.5 Å². The van der Waals surface area contributed by atoms with E-state index < -0.39 is 12.0 Å². The van der Waals surface area contributed by atoms with Crippen LogP contribution in [0.1, 0.15) is 18.2 Å². The third-order valence-corrected chi connectivity index (χ3v) is 2.89. The lowest BCUT2D eigenvalue weighted by Gasteiger charge is -2.09. The lowest BCUT2D eigenvalue weighted by molar-refractivity contribution is -0.140. The van der Waals surface area contributed by atoms with Crippen LogP contribution in [0.4, 0.5) is 0 Å². The predicted octanol–water partition coefficient (Wildman–Crippen LogP) is 0.201. The number of carbonyl (C=O) groups excluding carboxylic acids is 1. The van der Waals surface area contributed by atoms with E-state index in [4.69, 9.17) is 9.52 Å². The molecule has 0 radical (unpaired) electrons. The van der Waals surface area contributed by atoms with Crippen molar-refractivity contribution in [2.75, 3.05) is 5.75 Å². The molecule has 1 rings (SSSR count). The zero-order valence-electron chi connectivity index (χ0n) is 9.25. The van der Waals surface area contributed by atoms with Crippen LogP contribution in [-0.4, -0.2) is 39.5 Å². The minimum absolute atomic E-state index is 0.353. The van der Waals surface area contributed by atoms with Gasteiger partial charge in [0, 0.05) is 6.92 Å². The van der Waals surface area contributed by atoms with E-state index in [1.54, 1.807) is 6.92 Å². The average Bonchev–Trinajstić information content (AvgIpc) is 2.68. The highest BCUT2D eigenvalue weighted by atomic mass is 32.2. The highest BCUT2D eigenvalue weighted by molar-refractivity contribution is 7.98. The second-order valence-corrected chi connectivity index (χ2v) is 4.34. The van der Waals surface area contributed by atoms with Crippen LogP contribution in [-0.2, 0) is 15.3 Å². The van der Waals surface area contributed by atoms with Gasteiger partial charge in [0.15, 0.2) is 0 Å². The summed E-state index contributed by atoms with van der Waals surface area (Å²) in [5.41, 5.74) is 0. The predicted molar refractivity (Wildman–Crippen MR) is 60.4 cm³/mol. The molecule has 0 bridgehead atoms. The molecule has 8 heteroatoms. The van der Waals surface area contributed by atoms with Crippen LogP contribution < -0.4 is 5.32 Å². The summed E-state index contributed by atoms with van der Waals surface area (Å²) in [5.74, 6) is 1.11. The minimum atomic E-state index is -1.04. The summed E-state index contributed by atoms with van der Waals surface area (Å²) >= 11 is 1.48. The monoisotopic (exact) mass is 259 g/mol. The molecule has 0 aliphatic heterocycles. The van der Waals surface area contributed by atoms with Gasteiger partial charge in [0.05, 0.1) is 5.75 Å². The molecule has 1 unspecified atom stereocenters. The number of nitrogens with zero attached hydrogens (tertiary/aromatic N) is 2. The van der Waals surface area contributed by atoms with Gasteiger partial charge in [0.2, 0.25) is 18.2 Å². The number of rotatable bonds is 8. The Labute approximate surface area is 102 Å². The second-order valence-electron chi connectivity index (χ2n) is 3.23. The first-order chi connectivity index (χ1) is 8.13. The Morgan fingerprint density at radius 1 is 1.65 bits per heavy atom. The molecule has 17 heavy (non-hydrogen) atoms. The highest BCUT2D eigenvalue weighted by Gasteiger charge is 2.15. The Bertz CT molecular complexity index is 382. The zero-order chi connectivity index (χ0) is 12.7. The number of nitrogens with one attached hydrogen (secondary N) is 1. The molecule has 2 N–H and O–H groups in total. The Morgan fingerprint density at radius 2 is 2.41 bits per heavy atom. The third-order valence-electron chi connectivity index (χ3n) is 1.91. The molecule has 0 aromatic carbocycles. The molecule has 7 nitrogen and oxygen atoms in total. The number of carboxylic acids is 1. The average molecular weight is 259 g/mol. The van der Waals surface area contributed by atoms with E-state index in [1.165, 1.54) is 11.8 Å². The maximum absolute atomic E-state index is 10.7. The molecule has 1 heterocycles. The molecule has 1 atom stereocenters. The number of carbonyl (C=O) groups is 2. The van der Waals surface area contributed by atoms with Crippen LogP contribution in [0.3, 0.4) is 0 Å². The Balaban J connectivity index is 2.22. The van der Waals surface area contributed by atoms with Gasteiger partial charge in [-0.25, -0.2) is 4.79 Å². The summed E-state index contributed by atoms with van der Waals surface area (Å²) < 4.78 is 5.15. The summed E-state index contributed by atoms with van der Waals surface area (Å²) in [6, 6.07) is -0.843. The van der Waals surface area contributed by atoms with E-state index >= 15 is 0 Å². The fourth-order valence-electron chi connectivity index (χ4n) is 1.12. The van der Waals surface area contributed by atoms with E-state index in [1.807, 2.05) is 0 Å². The van der Waals surface area contributed by atoms with Gasteiger partial charge < -0.3 is 14.8 Å².